The quantitative estimate of drug-likeness (QED) is 0.586. The maximum atomic E-state index is 9.62. The number of aliphatic hydroxyl groups excluding tert-OH is 1. The highest BCUT2D eigenvalue weighted by Gasteiger charge is 2.32. The Kier molecular flexibility index (Phi) is 8.56. The van der Waals surface area contributed by atoms with Gasteiger partial charge in [-0.1, -0.05) is 13.3 Å². The number of aliphatic hydroxyl groups is 1. The van der Waals surface area contributed by atoms with E-state index in [2.05, 4.69) is 27.7 Å². The molecule has 0 saturated carbocycles. The molecule has 0 aliphatic rings. The maximum Gasteiger partial charge on any atom is 0.0885 e. The number of rotatable bonds is 11. The van der Waals surface area contributed by atoms with Crippen molar-refractivity contribution in [3.8, 4) is 0 Å². The first-order valence-corrected chi connectivity index (χ1v) is 8.48. The summed E-state index contributed by atoms with van der Waals surface area (Å²) in [5.41, 5.74) is -1.08. The minimum absolute atomic E-state index is 0.0150. The fourth-order valence-corrected chi connectivity index (χ4v) is 2.13. The Morgan fingerprint density at radius 3 is 1.73 bits per heavy atom. The van der Waals surface area contributed by atoms with Crippen LogP contribution in [0.2, 0.25) is 0 Å². The Morgan fingerprint density at radius 2 is 1.32 bits per heavy atom. The summed E-state index contributed by atoms with van der Waals surface area (Å²) < 4.78 is 17.8. The molecule has 0 heterocycles. The van der Waals surface area contributed by atoms with Crippen molar-refractivity contribution < 1.29 is 19.3 Å². The molecule has 0 saturated heterocycles. The second-order valence-electron chi connectivity index (χ2n) is 7.85. The van der Waals surface area contributed by atoms with Crippen molar-refractivity contribution in [3.63, 3.8) is 0 Å². The lowest BCUT2D eigenvalue weighted by atomic mass is 9.99. The van der Waals surface area contributed by atoms with Crippen LogP contribution in [-0.4, -0.2) is 47.3 Å². The summed E-state index contributed by atoms with van der Waals surface area (Å²) >= 11 is 0. The lowest BCUT2D eigenvalue weighted by Crippen LogP contribution is -2.45. The molecule has 0 aromatic heterocycles. The molecule has 0 aliphatic carbocycles. The van der Waals surface area contributed by atoms with Crippen molar-refractivity contribution in [1.82, 2.24) is 0 Å². The van der Waals surface area contributed by atoms with Crippen molar-refractivity contribution in [2.75, 3.05) is 13.2 Å². The molecule has 0 fully saturated rings. The minimum Gasteiger partial charge on any atom is -0.390 e. The predicted octanol–water partition coefficient (Wildman–Crippen LogP) is 3.94. The SMILES string of the molecule is CCCC(C)(C)OC(C)C(C)(C)OCCOC(C)(C)C(C)O. The second kappa shape index (κ2) is 8.62. The fraction of sp³-hybridized carbons (Fsp3) is 1.00. The number of ether oxygens (including phenoxy) is 3. The Hall–Kier alpha value is -0.160. The van der Waals surface area contributed by atoms with Gasteiger partial charge in [0.05, 0.1) is 42.2 Å². The first-order valence-electron chi connectivity index (χ1n) is 8.48. The standard InChI is InChI=1S/C18H38O4/c1-10-11-16(4,5)22-15(3)18(8,9)21-13-12-20-17(6,7)14(2)19/h14-15,19H,10-13H2,1-9H3. The van der Waals surface area contributed by atoms with Gasteiger partial charge < -0.3 is 19.3 Å². The topological polar surface area (TPSA) is 47.9 Å². The van der Waals surface area contributed by atoms with Crippen LogP contribution in [-0.2, 0) is 14.2 Å². The Morgan fingerprint density at radius 1 is 0.864 bits per heavy atom. The summed E-state index contributed by atoms with van der Waals surface area (Å²) in [6.07, 6.45) is 1.60. The molecule has 0 rings (SSSR count). The van der Waals surface area contributed by atoms with E-state index in [1.54, 1.807) is 6.92 Å². The molecule has 0 aliphatic heterocycles. The number of hydrogen-bond acceptors (Lipinski definition) is 4. The molecule has 0 bridgehead atoms. The van der Waals surface area contributed by atoms with Crippen molar-refractivity contribution in [2.45, 2.75) is 104 Å². The van der Waals surface area contributed by atoms with Gasteiger partial charge in [0.1, 0.15) is 0 Å². The third kappa shape index (κ3) is 7.91. The van der Waals surface area contributed by atoms with Crippen LogP contribution < -0.4 is 0 Å². The van der Waals surface area contributed by atoms with Crippen molar-refractivity contribution >= 4 is 0 Å². The molecule has 4 heteroatoms. The summed E-state index contributed by atoms with van der Waals surface area (Å²) in [5, 5.41) is 9.62. The van der Waals surface area contributed by atoms with E-state index in [1.807, 2.05) is 27.7 Å². The third-order valence-electron chi connectivity index (χ3n) is 4.36. The molecule has 2 unspecified atom stereocenters. The molecule has 0 spiro atoms. The van der Waals surface area contributed by atoms with E-state index in [0.717, 1.165) is 12.8 Å². The monoisotopic (exact) mass is 318 g/mol. The molecule has 1 N–H and O–H groups in total. The van der Waals surface area contributed by atoms with E-state index in [9.17, 15) is 5.11 Å². The Bertz CT molecular complexity index is 308. The van der Waals surface area contributed by atoms with Crippen LogP contribution in [0.15, 0.2) is 0 Å². The molecule has 0 amide bonds. The molecule has 22 heavy (non-hydrogen) atoms. The predicted molar refractivity (Wildman–Crippen MR) is 91.3 cm³/mol. The Balaban J connectivity index is 4.29. The smallest absolute Gasteiger partial charge is 0.0885 e. The van der Waals surface area contributed by atoms with Gasteiger partial charge in [-0.2, -0.15) is 0 Å². The summed E-state index contributed by atoms with van der Waals surface area (Å²) in [6.45, 7) is 19.0. The van der Waals surface area contributed by atoms with Gasteiger partial charge in [0, 0.05) is 0 Å². The van der Waals surface area contributed by atoms with Gasteiger partial charge in [0.25, 0.3) is 0 Å². The van der Waals surface area contributed by atoms with Crippen LogP contribution in [0.5, 0.6) is 0 Å². The van der Waals surface area contributed by atoms with Crippen LogP contribution in [0.3, 0.4) is 0 Å². The van der Waals surface area contributed by atoms with Crippen molar-refractivity contribution in [3.05, 3.63) is 0 Å². The van der Waals surface area contributed by atoms with Crippen molar-refractivity contribution in [2.24, 2.45) is 0 Å². The maximum absolute atomic E-state index is 9.62. The van der Waals surface area contributed by atoms with Crippen LogP contribution in [0.4, 0.5) is 0 Å². The molecule has 2 atom stereocenters. The van der Waals surface area contributed by atoms with Crippen LogP contribution in [0.25, 0.3) is 0 Å². The third-order valence-corrected chi connectivity index (χ3v) is 4.36. The average molecular weight is 318 g/mol. The van der Waals surface area contributed by atoms with Gasteiger partial charge >= 0.3 is 0 Å². The van der Waals surface area contributed by atoms with Gasteiger partial charge in [0.15, 0.2) is 0 Å². The molecular formula is C18H38O4. The van der Waals surface area contributed by atoms with E-state index >= 15 is 0 Å². The van der Waals surface area contributed by atoms with E-state index in [0.29, 0.717) is 13.2 Å². The van der Waals surface area contributed by atoms with E-state index in [1.165, 1.54) is 0 Å². The van der Waals surface area contributed by atoms with E-state index in [4.69, 9.17) is 14.2 Å². The largest absolute Gasteiger partial charge is 0.390 e. The van der Waals surface area contributed by atoms with Crippen LogP contribution >= 0.6 is 0 Å². The highest BCUT2D eigenvalue weighted by molar-refractivity contribution is 4.81. The fourth-order valence-electron chi connectivity index (χ4n) is 2.13. The molecule has 4 nitrogen and oxygen atoms in total. The highest BCUT2D eigenvalue weighted by atomic mass is 16.6. The summed E-state index contributed by atoms with van der Waals surface area (Å²) in [6, 6.07) is 0. The van der Waals surface area contributed by atoms with Gasteiger partial charge in [0.2, 0.25) is 0 Å². The lowest BCUT2D eigenvalue weighted by molar-refractivity contribution is -0.180. The zero-order chi connectivity index (χ0) is 17.6. The zero-order valence-electron chi connectivity index (χ0n) is 16.2. The first kappa shape index (κ1) is 21.8. The van der Waals surface area contributed by atoms with Gasteiger partial charge in [-0.3, -0.25) is 0 Å². The Labute approximate surface area is 137 Å². The highest BCUT2D eigenvalue weighted by Crippen LogP contribution is 2.26. The average Bonchev–Trinajstić information content (AvgIpc) is 2.33. The van der Waals surface area contributed by atoms with E-state index < -0.39 is 11.7 Å². The van der Waals surface area contributed by atoms with E-state index in [-0.39, 0.29) is 17.3 Å². The molecule has 0 aromatic rings. The van der Waals surface area contributed by atoms with Gasteiger partial charge in [-0.25, -0.2) is 0 Å². The van der Waals surface area contributed by atoms with Gasteiger partial charge in [-0.05, 0) is 61.8 Å². The second-order valence-corrected chi connectivity index (χ2v) is 7.85. The normalized spacial score (nSPS) is 16.6. The summed E-state index contributed by atoms with van der Waals surface area (Å²) in [5.74, 6) is 0. The molecule has 0 radical (unpaired) electrons. The zero-order valence-corrected chi connectivity index (χ0v) is 16.2. The van der Waals surface area contributed by atoms with Gasteiger partial charge in [-0.15, -0.1) is 0 Å². The minimum atomic E-state index is -0.557. The number of hydrogen-bond donors (Lipinski definition) is 1. The van der Waals surface area contributed by atoms with Crippen molar-refractivity contribution in [1.29, 1.82) is 0 Å². The first-order chi connectivity index (χ1) is 9.84. The lowest BCUT2D eigenvalue weighted by Gasteiger charge is -2.38. The van der Waals surface area contributed by atoms with Crippen LogP contribution in [0.1, 0.15) is 75.2 Å². The molecule has 0 aromatic carbocycles. The van der Waals surface area contributed by atoms with Crippen LogP contribution in [0, 0.1) is 0 Å². The summed E-state index contributed by atoms with van der Waals surface area (Å²) in [4.78, 5) is 0. The summed E-state index contributed by atoms with van der Waals surface area (Å²) in [7, 11) is 0. The molecule has 134 valence electrons. The molecular weight excluding hydrogens is 280 g/mol.